The summed E-state index contributed by atoms with van der Waals surface area (Å²) >= 11 is 3.47. The average Bonchev–Trinajstić information content (AvgIpc) is 2.86. The van der Waals surface area contributed by atoms with E-state index in [4.69, 9.17) is 14.2 Å². The van der Waals surface area contributed by atoms with Gasteiger partial charge < -0.3 is 19.1 Å². The molecule has 0 saturated carbocycles. The highest BCUT2D eigenvalue weighted by Crippen LogP contribution is 2.46. The molecule has 5 nitrogen and oxygen atoms in total. The first-order valence-corrected chi connectivity index (χ1v) is 9.08. The third-order valence-electron chi connectivity index (χ3n) is 4.36. The van der Waals surface area contributed by atoms with Crippen molar-refractivity contribution >= 4 is 27.5 Å². The summed E-state index contributed by atoms with van der Waals surface area (Å²) in [5.41, 5.74) is 1.57. The van der Waals surface area contributed by atoms with Gasteiger partial charge in [-0.1, -0.05) is 34.1 Å². The van der Waals surface area contributed by atoms with Gasteiger partial charge in [0.1, 0.15) is 12.4 Å². The van der Waals surface area contributed by atoms with Gasteiger partial charge in [-0.05, 0) is 36.8 Å². The maximum Gasteiger partial charge on any atom is 0.292 e. The molecule has 0 aliphatic carbocycles. The molecule has 0 atom stereocenters. The molecule has 2 heterocycles. The standard InChI is InChI=1S/C19H18BrNO4/c20-14-7-8-17-16(13-14)19(24-10-4-11-25-19)18(22)21(17)9-12-23-15-5-2-1-3-6-15/h1-3,5-8,13H,4,9-12H2. The fourth-order valence-electron chi connectivity index (χ4n) is 3.21. The van der Waals surface area contributed by atoms with Crippen molar-refractivity contribution in [3.63, 3.8) is 0 Å². The molecule has 2 aliphatic heterocycles. The first-order valence-electron chi connectivity index (χ1n) is 8.28. The van der Waals surface area contributed by atoms with Crippen LogP contribution in [0.15, 0.2) is 53.0 Å². The molecule has 0 N–H and O–H groups in total. The summed E-state index contributed by atoms with van der Waals surface area (Å²) in [6, 6.07) is 15.3. The number of carbonyl (C=O) groups is 1. The second kappa shape index (κ2) is 6.78. The van der Waals surface area contributed by atoms with Gasteiger partial charge in [-0.25, -0.2) is 0 Å². The van der Waals surface area contributed by atoms with Crippen LogP contribution in [0.3, 0.4) is 0 Å². The zero-order valence-electron chi connectivity index (χ0n) is 13.6. The number of halogens is 1. The van der Waals surface area contributed by atoms with Gasteiger partial charge in [-0.15, -0.1) is 0 Å². The predicted molar refractivity (Wildman–Crippen MR) is 96.6 cm³/mol. The number of benzene rings is 2. The first-order chi connectivity index (χ1) is 12.2. The lowest BCUT2D eigenvalue weighted by Crippen LogP contribution is -2.48. The minimum Gasteiger partial charge on any atom is -0.492 e. The van der Waals surface area contributed by atoms with Crippen molar-refractivity contribution in [1.82, 2.24) is 0 Å². The van der Waals surface area contributed by atoms with E-state index >= 15 is 0 Å². The maximum atomic E-state index is 13.1. The van der Waals surface area contributed by atoms with Crippen LogP contribution in [-0.4, -0.2) is 32.3 Å². The average molecular weight is 404 g/mol. The minimum absolute atomic E-state index is 0.183. The van der Waals surface area contributed by atoms with E-state index in [1.807, 2.05) is 48.5 Å². The second-order valence-corrected chi connectivity index (χ2v) is 6.86. The molecule has 1 saturated heterocycles. The van der Waals surface area contributed by atoms with Crippen LogP contribution in [0.5, 0.6) is 5.75 Å². The van der Waals surface area contributed by atoms with E-state index in [-0.39, 0.29) is 5.91 Å². The van der Waals surface area contributed by atoms with E-state index in [0.717, 1.165) is 27.9 Å². The molecular formula is C19H18BrNO4. The zero-order valence-corrected chi connectivity index (χ0v) is 15.2. The molecule has 0 unspecified atom stereocenters. The fourth-order valence-corrected chi connectivity index (χ4v) is 3.58. The number of anilines is 1. The molecule has 6 heteroatoms. The normalized spacial score (nSPS) is 18.4. The Kier molecular flexibility index (Phi) is 4.50. The predicted octanol–water partition coefficient (Wildman–Crippen LogP) is 3.46. The highest BCUT2D eigenvalue weighted by molar-refractivity contribution is 9.10. The van der Waals surface area contributed by atoms with Gasteiger partial charge >= 0.3 is 0 Å². The summed E-state index contributed by atoms with van der Waals surface area (Å²) in [5.74, 6) is -0.716. The largest absolute Gasteiger partial charge is 0.492 e. The molecule has 1 amide bonds. The van der Waals surface area contributed by atoms with E-state index in [1.54, 1.807) is 4.90 Å². The Morgan fingerprint density at radius 1 is 1.12 bits per heavy atom. The molecule has 1 fully saturated rings. The van der Waals surface area contributed by atoms with E-state index in [2.05, 4.69) is 15.9 Å². The molecule has 4 rings (SSSR count). The van der Waals surface area contributed by atoms with Gasteiger partial charge in [0.05, 0.1) is 25.4 Å². The Morgan fingerprint density at radius 3 is 2.64 bits per heavy atom. The molecule has 2 aliphatic rings. The Labute approximate surface area is 154 Å². The van der Waals surface area contributed by atoms with Crippen LogP contribution in [0.2, 0.25) is 0 Å². The summed E-state index contributed by atoms with van der Waals surface area (Å²) in [4.78, 5) is 14.8. The van der Waals surface area contributed by atoms with Crippen LogP contribution in [0, 0.1) is 0 Å². The molecule has 2 aromatic rings. The Balaban J connectivity index is 1.57. The summed E-state index contributed by atoms with van der Waals surface area (Å²) < 4.78 is 18.3. The van der Waals surface area contributed by atoms with Crippen LogP contribution in [0.4, 0.5) is 5.69 Å². The number of fused-ring (bicyclic) bond motifs is 2. The highest BCUT2D eigenvalue weighted by atomic mass is 79.9. The van der Waals surface area contributed by atoms with Crippen molar-refractivity contribution < 1.29 is 19.0 Å². The van der Waals surface area contributed by atoms with Crippen LogP contribution in [0.1, 0.15) is 12.0 Å². The monoisotopic (exact) mass is 403 g/mol. The van der Waals surface area contributed by atoms with Crippen LogP contribution in [0.25, 0.3) is 0 Å². The second-order valence-electron chi connectivity index (χ2n) is 5.95. The molecular weight excluding hydrogens is 386 g/mol. The Hall–Kier alpha value is -1.89. The lowest BCUT2D eigenvalue weighted by atomic mass is 10.1. The number of hydrogen-bond donors (Lipinski definition) is 0. The van der Waals surface area contributed by atoms with Crippen molar-refractivity contribution in [2.75, 3.05) is 31.3 Å². The smallest absolute Gasteiger partial charge is 0.292 e. The van der Waals surface area contributed by atoms with Crippen molar-refractivity contribution in [2.24, 2.45) is 0 Å². The van der Waals surface area contributed by atoms with E-state index in [9.17, 15) is 4.79 Å². The number of para-hydroxylation sites is 1. The molecule has 2 aromatic carbocycles. The minimum atomic E-state index is -1.32. The van der Waals surface area contributed by atoms with Gasteiger partial charge in [-0.2, -0.15) is 0 Å². The van der Waals surface area contributed by atoms with E-state index < -0.39 is 5.79 Å². The van der Waals surface area contributed by atoms with Gasteiger partial charge in [0.15, 0.2) is 0 Å². The van der Waals surface area contributed by atoms with Crippen LogP contribution < -0.4 is 9.64 Å². The Bertz CT molecular complexity index is 774. The number of hydrogen-bond acceptors (Lipinski definition) is 4. The summed E-state index contributed by atoms with van der Waals surface area (Å²) in [6.07, 6.45) is 0.787. The molecule has 1 spiro atoms. The molecule has 0 aromatic heterocycles. The maximum absolute atomic E-state index is 13.1. The number of amides is 1. The molecule has 25 heavy (non-hydrogen) atoms. The van der Waals surface area contributed by atoms with Crippen molar-refractivity contribution in [3.05, 3.63) is 58.6 Å². The quantitative estimate of drug-likeness (QED) is 0.783. The molecule has 0 bridgehead atoms. The Morgan fingerprint density at radius 2 is 1.88 bits per heavy atom. The fraction of sp³-hybridized carbons (Fsp3) is 0.316. The summed E-state index contributed by atoms with van der Waals surface area (Å²) in [6.45, 7) is 1.83. The number of nitrogens with zero attached hydrogens (tertiary/aromatic N) is 1. The lowest BCUT2D eigenvalue weighted by Gasteiger charge is -2.32. The first kappa shape index (κ1) is 16.6. The zero-order chi connectivity index (χ0) is 17.3. The van der Waals surface area contributed by atoms with Crippen molar-refractivity contribution in [3.8, 4) is 5.75 Å². The van der Waals surface area contributed by atoms with Gasteiger partial charge in [0.2, 0.25) is 0 Å². The molecule has 130 valence electrons. The number of carbonyl (C=O) groups excluding carboxylic acids is 1. The number of rotatable bonds is 4. The van der Waals surface area contributed by atoms with E-state index in [0.29, 0.717) is 26.4 Å². The van der Waals surface area contributed by atoms with Gasteiger partial charge in [-0.3, -0.25) is 4.79 Å². The number of ether oxygens (including phenoxy) is 3. The van der Waals surface area contributed by atoms with Crippen LogP contribution >= 0.6 is 15.9 Å². The summed E-state index contributed by atoms with van der Waals surface area (Å²) in [7, 11) is 0. The third-order valence-corrected chi connectivity index (χ3v) is 4.85. The third kappa shape index (κ3) is 2.94. The van der Waals surface area contributed by atoms with E-state index in [1.165, 1.54) is 0 Å². The summed E-state index contributed by atoms with van der Waals surface area (Å²) in [5, 5.41) is 0. The van der Waals surface area contributed by atoms with Crippen molar-refractivity contribution in [2.45, 2.75) is 12.2 Å². The highest BCUT2D eigenvalue weighted by Gasteiger charge is 2.54. The van der Waals surface area contributed by atoms with Gasteiger partial charge in [0.25, 0.3) is 11.7 Å². The van der Waals surface area contributed by atoms with Gasteiger partial charge in [0, 0.05) is 10.0 Å². The lowest BCUT2D eigenvalue weighted by molar-refractivity contribution is -0.256. The molecule has 0 radical (unpaired) electrons. The topological polar surface area (TPSA) is 48.0 Å². The SMILES string of the molecule is O=C1N(CCOc2ccccc2)c2ccc(Br)cc2C12OCCCO2. The van der Waals surface area contributed by atoms with Crippen molar-refractivity contribution in [1.29, 1.82) is 0 Å². The van der Waals surface area contributed by atoms with Crippen LogP contribution in [-0.2, 0) is 20.1 Å².